The second kappa shape index (κ2) is 2.13. The lowest BCUT2D eigenvalue weighted by atomic mass is 9.97. The van der Waals surface area contributed by atoms with Gasteiger partial charge >= 0.3 is 6.09 Å². The van der Waals surface area contributed by atoms with E-state index in [9.17, 15) is 4.79 Å². The number of hydrogen-bond acceptors (Lipinski definition) is 2. The van der Waals surface area contributed by atoms with E-state index in [-0.39, 0.29) is 5.60 Å². The first-order valence-electron chi connectivity index (χ1n) is 4.19. The van der Waals surface area contributed by atoms with E-state index in [1.807, 2.05) is 0 Å². The Morgan fingerprint density at radius 2 is 2.09 bits per heavy atom. The van der Waals surface area contributed by atoms with Crippen molar-refractivity contribution >= 4 is 6.09 Å². The minimum absolute atomic E-state index is 0.142. The molecule has 2 rings (SSSR count). The van der Waals surface area contributed by atoms with E-state index in [1.165, 1.54) is 12.8 Å². The fourth-order valence-corrected chi connectivity index (χ4v) is 2.50. The van der Waals surface area contributed by atoms with Crippen LogP contribution in [0.4, 0.5) is 4.79 Å². The van der Waals surface area contributed by atoms with Crippen molar-refractivity contribution in [1.82, 2.24) is 0 Å². The molecule has 3 heteroatoms. The first-order valence-corrected chi connectivity index (χ1v) is 4.19. The summed E-state index contributed by atoms with van der Waals surface area (Å²) in [6.45, 7) is 0. The van der Waals surface area contributed by atoms with E-state index in [2.05, 4.69) is 0 Å². The average molecular weight is 155 g/mol. The molecular weight excluding hydrogens is 142 g/mol. The van der Waals surface area contributed by atoms with Gasteiger partial charge in [-0.15, -0.1) is 0 Å². The van der Waals surface area contributed by atoms with Crippen molar-refractivity contribution < 1.29 is 9.53 Å². The van der Waals surface area contributed by atoms with Gasteiger partial charge in [-0.3, -0.25) is 0 Å². The minimum atomic E-state index is -0.604. The molecule has 62 valence electrons. The predicted molar refractivity (Wildman–Crippen MR) is 40.0 cm³/mol. The van der Waals surface area contributed by atoms with Crippen molar-refractivity contribution in [2.24, 2.45) is 11.7 Å². The van der Waals surface area contributed by atoms with Gasteiger partial charge in [0.05, 0.1) is 0 Å². The largest absolute Gasteiger partial charge is 0.443 e. The van der Waals surface area contributed by atoms with Crippen LogP contribution in [0, 0.1) is 5.92 Å². The number of carbonyl (C=O) groups excluding carboxylic acids is 1. The van der Waals surface area contributed by atoms with Crippen molar-refractivity contribution in [3.63, 3.8) is 0 Å². The molecule has 0 heterocycles. The monoisotopic (exact) mass is 155 g/mol. The molecule has 0 aromatic rings. The smallest absolute Gasteiger partial charge is 0.405 e. The number of nitrogens with two attached hydrogens (primary N) is 1. The highest BCUT2D eigenvalue weighted by Gasteiger charge is 2.47. The van der Waals surface area contributed by atoms with Gasteiger partial charge < -0.3 is 10.5 Å². The summed E-state index contributed by atoms with van der Waals surface area (Å²) < 4.78 is 5.13. The van der Waals surface area contributed by atoms with Crippen LogP contribution in [0.15, 0.2) is 0 Å². The number of fused-ring (bicyclic) bond motifs is 2. The van der Waals surface area contributed by atoms with Crippen LogP contribution in [-0.2, 0) is 4.74 Å². The lowest BCUT2D eigenvalue weighted by molar-refractivity contribution is 0.0251. The van der Waals surface area contributed by atoms with Gasteiger partial charge in [-0.25, -0.2) is 4.79 Å². The lowest BCUT2D eigenvalue weighted by Gasteiger charge is -2.25. The third-order valence-electron chi connectivity index (χ3n) is 2.99. The topological polar surface area (TPSA) is 52.3 Å². The van der Waals surface area contributed by atoms with Gasteiger partial charge in [0.2, 0.25) is 0 Å². The first kappa shape index (κ1) is 6.95. The van der Waals surface area contributed by atoms with Crippen molar-refractivity contribution in [3.05, 3.63) is 0 Å². The summed E-state index contributed by atoms with van der Waals surface area (Å²) in [4.78, 5) is 10.5. The summed E-state index contributed by atoms with van der Waals surface area (Å²) in [6.07, 6.45) is 4.94. The molecule has 11 heavy (non-hydrogen) atoms. The van der Waals surface area contributed by atoms with Crippen LogP contribution >= 0.6 is 0 Å². The Balaban J connectivity index is 2.05. The molecule has 2 fully saturated rings. The van der Waals surface area contributed by atoms with Crippen LogP contribution in [0.3, 0.4) is 0 Å². The Labute approximate surface area is 65.9 Å². The maximum Gasteiger partial charge on any atom is 0.405 e. The fraction of sp³-hybridized carbons (Fsp3) is 0.875. The van der Waals surface area contributed by atoms with Crippen LogP contribution < -0.4 is 5.73 Å². The van der Waals surface area contributed by atoms with E-state index in [1.54, 1.807) is 0 Å². The Bertz CT molecular complexity index is 183. The summed E-state index contributed by atoms with van der Waals surface area (Å²) in [6, 6.07) is 0. The highest BCUT2D eigenvalue weighted by atomic mass is 16.6. The minimum Gasteiger partial charge on any atom is -0.443 e. The molecule has 0 aromatic carbocycles. The van der Waals surface area contributed by atoms with Gasteiger partial charge in [-0.05, 0) is 38.0 Å². The second-order valence-corrected chi connectivity index (χ2v) is 3.75. The van der Waals surface area contributed by atoms with E-state index in [0.717, 1.165) is 25.2 Å². The third-order valence-corrected chi connectivity index (χ3v) is 2.99. The highest BCUT2D eigenvalue weighted by Crippen LogP contribution is 2.49. The maximum atomic E-state index is 10.5. The quantitative estimate of drug-likeness (QED) is 0.622. The summed E-state index contributed by atoms with van der Waals surface area (Å²) in [5.41, 5.74) is 4.85. The molecular formula is C8H13NO2. The van der Waals surface area contributed by atoms with Gasteiger partial charge in [0.1, 0.15) is 5.60 Å². The molecule has 2 aliphatic carbocycles. The molecule has 0 atom stereocenters. The summed E-state index contributed by atoms with van der Waals surface area (Å²) in [5, 5.41) is 0. The maximum absolute atomic E-state index is 10.5. The van der Waals surface area contributed by atoms with E-state index >= 15 is 0 Å². The van der Waals surface area contributed by atoms with Crippen LogP contribution in [-0.4, -0.2) is 11.7 Å². The Morgan fingerprint density at radius 3 is 2.45 bits per heavy atom. The Morgan fingerprint density at radius 1 is 1.45 bits per heavy atom. The normalized spacial score (nSPS) is 40.9. The summed E-state index contributed by atoms with van der Waals surface area (Å²) in [5.74, 6) is 0.800. The average Bonchev–Trinajstić information content (AvgIpc) is 2.43. The van der Waals surface area contributed by atoms with Crippen LogP contribution in [0.5, 0.6) is 0 Å². The van der Waals surface area contributed by atoms with Crippen molar-refractivity contribution in [2.75, 3.05) is 0 Å². The van der Waals surface area contributed by atoms with Crippen LogP contribution in [0.1, 0.15) is 32.1 Å². The molecule has 0 aromatic heterocycles. The third kappa shape index (κ3) is 1.08. The van der Waals surface area contributed by atoms with E-state index in [0.29, 0.717) is 0 Å². The van der Waals surface area contributed by atoms with Crippen molar-refractivity contribution in [2.45, 2.75) is 37.7 Å². The zero-order valence-electron chi connectivity index (χ0n) is 6.51. The SMILES string of the molecule is NC(=O)OC12CCC(CC1)C2. The Hall–Kier alpha value is -0.730. The Kier molecular flexibility index (Phi) is 1.34. The van der Waals surface area contributed by atoms with Crippen LogP contribution in [0.25, 0.3) is 0 Å². The zero-order valence-corrected chi connectivity index (χ0v) is 6.51. The molecule has 3 nitrogen and oxygen atoms in total. The molecule has 2 aliphatic rings. The molecule has 0 unspecified atom stereocenters. The van der Waals surface area contributed by atoms with E-state index < -0.39 is 6.09 Å². The number of rotatable bonds is 1. The van der Waals surface area contributed by atoms with Gasteiger partial charge in [-0.1, -0.05) is 0 Å². The van der Waals surface area contributed by atoms with E-state index in [4.69, 9.17) is 10.5 Å². The predicted octanol–water partition coefficient (Wildman–Crippen LogP) is 1.41. The molecule has 0 radical (unpaired) electrons. The summed E-state index contributed by atoms with van der Waals surface area (Å²) in [7, 11) is 0. The molecule has 2 N–H and O–H groups in total. The van der Waals surface area contributed by atoms with Crippen LogP contribution in [0.2, 0.25) is 0 Å². The van der Waals surface area contributed by atoms with Gasteiger partial charge in [-0.2, -0.15) is 0 Å². The second-order valence-electron chi connectivity index (χ2n) is 3.75. The highest BCUT2D eigenvalue weighted by molar-refractivity contribution is 5.65. The first-order chi connectivity index (χ1) is 5.20. The molecule has 0 aliphatic heterocycles. The molecule has 2 bridgehead atoms. The molecule has 2 saturated carbocycles. The standard InChI is InChI=1S/C8H13NO2/c9-7(10)11-8-3-1-6(5-8)2-4-8/h6H,1-5H2,(H2,9,10). The van der Waals surface area contributed by atoms with Crippen molar-refractivity contribution in [1.29, 1.82) is 0 Å². The molecule has 0 saturated heterocycles. The number of carbonyl (C=O) groups is 1. The zero-order chi connectivity index (χ0) is 7.90. The molecule has 1 amide bonds. The van der Waals surface area contributed by atoms with Gasteiger partial charge in [0.25, 0.3) is 0 Å². The van der Waals surface area contributed by atoms with Crippen molar-refractivity contribution in [3.8, 4) is 0 Å². The van der Waals surface area contributed by atoms with Gasteiger partial charge in [0.15, 0.2) is 0 Å². The number of primary amides is 1. The fourth-order valence-electron chi connectivity index (χ4n) is 2.50. The lowest BCUT2D eigenvalue weighted by Crippen LogP contribution is -2.32. The number of amides is 1. The molecule has 0 spiro atoms. The number of ether oxygens (including phenoxy) is 1. The number of hydrogen-bond donors (Lipinski definition) is 1. The van der Waals surface area contributed by atoms with Gasteiger partial charge in [0, 0.05) is 0 Å². The summed E-state index contributed by atoms with van der Waals surface area (Å²) >= 11 is 0.